The summed E-state index contributed by atoms with van der Waals surface area (Å²) in [5.41, 5.74) is 4.98. The second-order valence-electron chi connectivity index (χ2n) is 13.1. The zero-order valence-corrected chi connectivity index (χ0v) is 29.0. The lowest BCUT2D eigenvalue weighted by molar-refractivity contribution is -0.384. The number of aliphatic hydroxyl groups excluding tert-OH is 1. The van der Waals surface area contributed by atoms with Gasteiger partial charge in [0.15, 0.2) is 6.29 Å². The number of rotatable bonds is 11. The van der Waals surface area contributed by atoms with E-state index in [0.717, 1.165) is 60.9 Å². The van der Waals surface area contributed by atoms with Crippen molar-refractivity contribution in [2.45, 2.75) is 31.5 Å². The van der Waals surface area contributed by atoms with Crippen LogP contribution in [-0.2, 0) is 16.1 Å². The summed E-state index contributed by atoms with van der Waals surface area (Å²) in [5.74, 6) is 1.40. The highest BCUT2D eigenvalue weighted by Gasteiger charge is 2.34. The van der Waals surface area contributed by atoms with Gasteiger partial charge >= 0.3 is 6.03 Å². The Morgan fingerprint density at radius 2 is 1.36 bits per heavy atom. The molecule has 0 aliphatic carbocycles. The zero-order valence-electron chi connectivity index (χ0n) is 29.0. The Bertz CT molecular complexity index is 1950. The fraction of sp³-hybridized carbons (Fsp3) is 0.244. The fourth-order valence-electron chi connectivity index (χ4n) is 6.54. The van der Waals surface area contributed by atoms with Gasteiger partial charge in [-0.1, -0.05) is 54.6 Å². The first-order chi connectivity index (χ1) is 25.9. The Morgan fingerprint density at radius 3 is 1.98 bits per heavy atom. The molecule has 3 atom stereocenters. The minimum Gasteiger partial charge on any atom is -0.457 e. The number of piperazine rings is 1. The highest BCUT2D eigenvalue weighted by Crippen LogP contribution is 2.38. The van der Waals surface area contributed by atoms with Crippen molar-refractivity contribution < 1.29 is 29.0 Å². The first kappa shape index (κ1) is 35.6. The van der Waals surface area contributed by atoms with Crippen LogP contribution in [0.15, 0.2) is 127 Å². The maximum absolute atomic E-state index is 12.8. The number of hydrogen-bond donors (Lipinski definition) is 3. The summed E-state index contributed by atoms with van der Waals surface area (Å²) in [7, 11) is 0. The molecule has 2 fully saturated rings. The normalized spacial score (nSPS) is 19.0. The predicted octanol–water partition coefficient (Wildman–Crippen LogP) is 7.89. The van der Waals surface area contributed by atoms with E-state index in [1.807, 2.05) is 78.9 Å². The molecule has 0 unspecified atom stereocenters. The molecular formula is C41H41N5O7. The van der Waals surface area contributed by atoms with E-state index in [0.29, 0.717) is 23.5 Å². The molecule has 12 heteroatoms. The summed E-state index contributed by atoms with van der Waals surface area (Å²) < 4.78 is 18.9. The van der Waals surface area contributed by atoms with Crippen LogP contribution in [0, 0.1) is 10.1 Å². The molecule has 7 rings (SSSR count). The third-order valence-electron chi connectivity index (χ3n) is 9.41. The van der Waals surface area contributed by atoms with Crippen LogP contribution >= 0.6 is 0 Å². The Labute approximate surface area is 307 Å². The van der Waals surface area contributed by atoms with Gasteiger partial charge in [0.05, 0.1) is 23.7 Å². The largest absolute Gasteiger partial charge is 0.457 e. The molecule has 2 heterocycles. The minimum atomic E-state index is -0.628. The van der Waals surface area contributed by atoms with Crippen molar-refractivity contribution in [1.29, 1.82) is 0 Å². The van der Waals surface area contributed by atoms with Crippen LogP contribution in [0.3, 0.4) is 0 Å². The van der Waals surface area contributed by atoms with Gasteiger partial charge in [-0.2, -0.15) is 0 Å². The SMILES string of the molecule is O=C(Nc1ccc(Oc2ccccc2)cc1)Nc1ccc([C@H]2O[C@@H](CN3CCN(c4ccc([N+](=O)[O-])cc4)CC3)C[C@@H](c3ccc(CO)cc3)O2)cc1. The van der Waals surface area contributed by atoms with E-state index >= 15 is 0 Å². The third kappa shape index (κ3) is 9.36. The van der Waals surface area contributed by atoms with Crippen LogP contribution in [0.2, 0.25) is 0 Å². The number of aliphatic hydroxyl groups is 1. The van der Waals surface area contributed by atoms with Crippen LogP contribution in [0.25, 0.3) is 0 Å². The number of benzene rings is 5. The molecule has 3 N–H and O–H groups in total. The van der Waals surface area contributed by atoms with Crippen LogP contribution in [0.5, 0.6) is 11.5 Å². The number of nitrogens with zero attached hydrogens (tertiary/aromatic N) is 3. The number of para-hydroxylation sites is 1. The van der Waals surface area contributed by atoms with E-state index in [4.69, 9.17) is 14.2 Å². The van der Waals surface area contributed by atoms with Gasteiger partial charge in [0.25, 0.3) is 5.69 Å². The number of carbonyl (C=O) groups is 1. The van der Waals surface area contributed by atoms with Gasteiger partial charge in [-0.25, -0.2) is 4.79 Å². The Balaban J connectivity index is 0.965. The van der Waals surface area contributed by atoms with Gasteiger partial charge in [-0.15, -0.1) is 0 Å². The quantitative estimate of drug-likeness (QED) is 0.0921. The monoisotopic (exact) mass is 715 g/mol. The number of hydrogen-bond acceptors (Lipinski definition) is 9. The Kier molecular flexibility index (Phi) is 11.2. The topological polar surface area (TPSA) is 139 Å². The number of nitro groups is 1. The highest BCUT2D eigenvalue weighted by atomic mass is 16.7. The number of urea groups is 1. The number of ether oxygens (including phenoxy) is 3. The minimum absolute atomic E-state index is 0.0274. The molecule has 0 saturated carbocycles. The van der Waals surface area contributed by atoms with E-state index in [9.17, 15) is 20.0 Å². The van der Waals surface area contributed by atoms with Crippen LogP contribution < -0.4 is 20.3 Å². The maximum atomic E-state index is 12.8. The Morgan fingerprint density at radius 1 is 0.755 bits per heavy atom. The number of carbonyl (C=O) groups excluding carboxylic acids is 1. The lowest BCUT2D eigenvalue weighted by atomic mass is 9.99. The van der Waals surface area contributed by atoms with Gasteiger partial charge in [0, 0.05) is 73.9 Å². The molecule has 12 nitrogen and oxygen atoms in total. The molecule has 53 heavy (non-hydrogen) atoms. The molecule has 272 valence electrons. The second kappa shape index (κ2) is 16.7. The smallest absolute Gasteiger partial charge is 0.323 e. The average molecular weight is 716 g/mol. The third-order valence-corrected chi connectivity index (χ3v) is 9.41. The Hall–Kier alpha value is -5.79. The summed E-state index contributed by atoms with van der Waals surface area (Å²) in [6.45, 7) is 3.94. The molecular weight excluding hydrogens is 674 g/mol. The van der Waals surface area contributed by atoms with Crippen molar-refractivity contribution in [3.05, 3.63) is 154 Å². The molecule has 5 aromatic carbocycles. The van der Waals surface area contributed by atoms with Crippen molar-refractivity contribution in [3.8, 4) is 11.5 Å². The van der Waals surface area contributed by atoms with Crippen LogP contribution in [0.1, 0.15) is 35.5 Å². The maximum Gasteiger partial charge on any atom is 0.323 e. The number of amides is 2. The van der Waals surface area contributed by atoms with E-state index in [2.05, 4.69) is 20.4 Å². The number of nitro benzene ring substituents is 1. The van der Waals surface area contributed by atoms with Crippen LogP contribution in [0.4, 0.5) is 27.5 Å². The summed E-state index contributed by atoms with van der Waals surface area (Å²) in [6, 6.07) is 38.2. The van der Waals surface area contributed by atoms with Crippen molar-refractivity contribution in [2.24, 2.45) is 0 Å². The fourth-order valence-corrected chi connectivity index (χ4v) is 6.54. The molecule has 0 spiro atoms. The van der Waals surface area contributed by atoms with E-state index < -0.39 is 6.29 Å². The molecule has 5 aromatic rings. The van der Waals surface area contributed by atoms with Crippen LogP contribution in [-0.4, -0.2) is 59.8 Å². The molecule has 2 saturated heterocycles. The molecule has 0 radical (unpaired) electrons. The summed E-state index contributed by atoms with van der Waals surface area (Å²) in [5, 5.41) is 26.4. The summed E-state index contributed by atoms with van der Waals surface area (Å²) >= 11 is 0. The first-order valence-electron chi connectivity index (χ1n) is 17.6. The lowest BCUT2D eigenvalue weighted by Gasteiger charge is -2.41. The summed E-state index contributed by atoms with van der Waals surface area (Å²) in [4.78, 5) is 28.1. The predicted molar refractivity (Wildman–Crippen MR) is 202 cm³/mol. The van der Waals surface area contributed by atoms with Crippen molar-refractivity contribution in [2.75, 3.05) is 48.3 Å². The second-order valence-corrected chi connectivity index (χ2v) is 13.1. The number of non-ortho nitro benzene ring substituents is 1. The molecule has 2 aliphatic heterocycles. The van der Waals surface area contributed by atoms with E-state index in [1.165, 1.54) is 0 Å². The average Bonchev–Trinajstić information content (AvgIpc) is 3.19. The van der Waals surface area contributed by atoms with Crippen molar-refractivity contribution in [3.63, 3.8) is 0 Å². The summed E-state index contributed by atoms with van der Waals surface area (Å²) in [6.07, 6.45) is -0.301. The molecule has 0 aromatic heterocycles. The van der Waals surface area contributed by atoms with Gasteiger partial charge in [-0.05, 0) is 71.8 Å². The molecule has 2 aliphatic rings. The zero-order chi connectivity index (χ0) is 36.6. The van der Waals surface area contributed by atoms with Crippen molar-refractivity contribution >= 4 is 28.8 Å². The number of nitrogens with one attached hydrogen (secondary N) is 2. The highest BCUT2D eigenvalue weighted by molar-refractivity contribution is 5.99. The molecule has 2 amide bonds. The van der Waals surface area contributed by atoms with E-state index in [-0.39, 0.29) is 35.5 Å². The first-order valence-corrected chi connectivity index (χ1v) is 17.6. The standard InChI is InChI=1S/C41H41N5O7/c47-28-29-6-8-30(9-7-29)39-26-38(27-44-22-24-45(25-23-44)34-16-18-35(19-17-34)46(49)50)52-40(53-39)31-10-12-32(13-11-31)42-41(48)43-33-14-20-37(21-15-33)51-36-4-2-1-3-5-36/h1-21,38-40,47H,22-28H2,(H2,42,43,48)/t38-,39+,40+/m1/s1. The van der Waals surface area contributed by atoms with Gasteiger partial charge < -0.3 is 34.9 Å². The van der Waals surface area contributed by atoms with Gasteiger partial charge in [0.1, 0.15) is 11.5 Å². The number of anilines is 3. The lowest BCUT2D eigenvalue weighted by Crippen LogP contribution is -2.49. The molecule has 0 bridgehead atoms. The van der Waals surface area contributed by atoms with E-state index in [1.54, 1.807) is 48.5 Å². The van der Waals surface area contributed by atoms with Crippen molar-refractivity contribution in [1.82, 2.24) is 4.90 Å². The van der Waals surface area contributed by atoms with Gasteiger partial charge in [-0.3, -0.25) is 15.0 Å². The van der Waals surface area contributed by atoms with Gasteiger partial charge in [0.2, 0.25) is 0 Å².